The number of para-hydroxylation sites is 4. The number of ether oxygens (including phenoxy) is 6. The van der Waals surface area contributed by atoms with Crippen molar-refractivity contribution in [3.63, 3.8) is 0 Å². The smallest absolute Gasteiger partial charge is 0.341 e. The molecule has 0 atom stereocenters. The SMILES string of the molecule is Cc1cccc(COCCCOCc2ccc3ccccc3n2)c1OCC(=O)O.Cc1cccc(COCCOCc2ccc3ccccc3n2)c1OCC(=O)O. The van der Waals surface area contributed by atoms with Crippen LogP contribution in [-0.4, -0.2) is 71.8 Å². The van der Waals surface area contributed by atoms with E-state index in [9.17, 15) is 9.59 Å². The van der Waals surface area contributed by atoms with E-state index < -0.39 is 11.9 Å². The Morgan fingerprint density at radius 2 is 0.912 bits per heavy atom. The van der Waals surface area contributed by atoms with Crippen molar-refractivity contribution in [3.05, 3.63) is 143 Å². The van der Waals surface area contributed by atoms with Crippen molar-refractivity contribution in [2.24, 2.45) is 0 Å². The highest BCUT2D eigenvalue weighted by Gasteiger charge is 2.11. The maximum atomic E-state index is 10.7. The quantitative estimate of drug-likeness (QED) is 0.0684. The van der Waals surface area contributed by atoms with Crippen LogP contribution in [-0.2, 0) is 55.0 Å². The number of fused-ring (bicyclic) bond motifs is 2. The number of rotatable bonds is 21. The van der Waals surface area contributed by atoms with E-state index in [1.54, 1.807) is 0 Å². The first-order chi connectivity index (χ1) is 27.8. The van der Waals surface area contributed by atoms with Gasteiger partial charge >= 0.3 is 11.9 Å². The molecule has 0 aliphatic carbocycles. The summed E-state index contributed by atoms with van der Waals surface area (Å²) >= 11 is 0. The molecule has 0 aliphatic heterocycles. The van der Waals surface area contributed by atoms with Crippen LogP contribution < -0.4 is 9.47 Å². The first-order valence-corrected chi connectivity index (χ1v) is 18.6. The minimum absolute atomic E-state index is 0.328. The molecule has 0 saturated carbocycles. The summed E-state index contributed by atoms with van der Waals surface area (Å²) in [6.45, 7) is 6.57. The van der Waals surface area contributed by atoms with Gasteiger partial charge in [-0.15, -0.1) is 0 Å². The third-order valence-electron chi connectivity index (χ3n) is 8.54. The lowest BCUT2D eigenvalue weighted by atomic mass is 10.1. The van der Waals surface area contributed by atoms with Crippen molar-refractivity contribution in [2.75, 3.05) is 39.6 Å². The molecule has 298 valence electrons. The Morgan fingerprint density at radius 3 is 1.39 bits per heavy atom. The molecule has 0 spiro atoms. The maximum Gasteiger partial charge on any atom is 0.341 e. The number of carboxylic acid groups (broad SMARTS) is 2. The lowest BCUT2D eigenvalue weighted by Crippen LogP contribution is -2.12. The summed E-state index contributed by atoms with van der Waals surface area (Å²) in [5.41, 5.74) is 7.13. The van der Waals surface area contributed by atoms with Gasteiger partial charge in [-0.1, -0.05) is 84.9 Å². The Kier molecular flexibility index (Phi) is 16.7. The van der Waals surface area contributed by atoms with E-state index in [0.717, 1.165) is 61.9 Å². The second-order valence-electron chi connectivity index (χ2n) is 13.0. The molecular formula is C45H48N2O10. The minimum atomic E-state index is -1.01. The zero-order valence-electron chi connectivity index (χ0n) is 32.2. The lowest BCUT2D eigenvalue weighted by molar-refractivity contribution is -0.140. The largest absolute Gasteiger partial charge is 0.481 e. The Hall–Kier alpha value is -5.92. The van der Waals surface area contributed by atoms with Gasteiger partial charge in [-0.3, -0.25) is 9.97 Å². The van der Waals surface area contributed by atoms with E-state index in [4.69, 9.17) is 38.6 Å². The average molecular weight is 777 g/mol. The van der Waals surface area contributed by atoms with Gasteiger partial charge in [0.15, 0.2) is 13.2 Å². The maximum absolute atomic E-state index is 10.7. The Balaban J connectivity index is 0.000000218. The highest BCUT2D eigenvalue weighted by molar-refractivity contribution is 5.79. The van der Waals surface area contributed by atoms with Gasteiger partial charge in [0.05, 0.1) is 62.1 Å². The first kappa shape index (κ1) is 42.2. The van der Waals surface area contributed by atoms with Crippen molar-refractivity contribution in [1.82, 2.24) is 9.97 Å². The van der Waals surface area contributed by atoms with Crippen molar-refractivity contribution in [2.45, 2.75) is 46.7 Å². The fraction of sp³-hybridized carbons (Fsp3) is 0.289. The summed E-state index contributed by atoms with van der Waals surface area (Å²) < 4.78 is 33.5. The van der Waals surface area contributed by atoms with Gasteiger partial charge in [0.2, 0.25) is 0 Å². The number of carbonyl (C=O) groups is 2. The van der Waals surface area contributed by atoms with E-state index in [-0.39, 0.29) is 13.2 Å². The summed E-state index contributed by atoms with van der Waals surface area (Å²) in [5.74, 6) is -0.872. The van der Waals surface area contributed by atoms with Crippen LogP contribution >= 0.6 is 0 Å². The number of aliphatic carboxylic acids is 2. The molecule has 0 radical (unpaired) electrons. The molecule has 12 heteroatoms. The third-order valence-corrected chi connectivity index (χ3v) is 8.54. The number of pyridine rings is 2. The van der Waals surface area contributed by atoms with Crippen LogP contribution in [0.3, 0.4) is 0 Å². The first-order valence-electron chi connectivity index (χ1n) is 18.6. The number of hydrogen-bond acceptors (Lipinski definition) is 10. The average Bonchev–Trinajstić information content (AvgIpc) is 3.21. The number of carboxylic acids is 2. The van der Waals surface area contributed by atoms with Crippen LogP contribution in [0, 0.1) is 13.8 Å². The molecule has 12 nitrogen and oxygen atoms in total. The fourth-order valence-corrected chi connectivity index (χ4v) is 5.81. The third kappa shape index (κ3) is 14.0. The van der Waals surface area contributed by atoms with Crippen molar-refractivity contribution < 1.29 is 48.2 Å². The fourth-order valence-electron chi connectivity index (χ4n) is 5.81. The molecule has 2 N–H and O–H groups in total. The van der Waals surface area contributed by atoms with Gasteiger partial charge in [-0.2, -0.15) is 0 Å². The van der Waals surface area contributed by atoms with Crippen LogP contribution in [0.25, 0.3) is 21.8 Å². The monoisotopic (exact) mass is 776 g/mol. The molecule has 57 heavy (non-hydrogen) atoms. The Morgan fingerprint density at radius 1 is 0.491 bits per heavy atom. The summed E-state index contributed by atoms with van der Waals surface area (Å²) in [7, 11) is 0. The van der Waals surface area contributed by atoms with E-state index in [1.807, 2.05) is 117 Å². The molecule has 2 heterocycles. The normalized spacial score (nSPS) is 10.9. The Labute approximate surface area is 331 Å². The summed E-state index contributed by atoms with van der Waals surface area (Å²) in [4.78, 5) is 30.6. The topological polar surface area (TPSA) is 156 Å². The molecule has 0 saturated heterocycles. The lowest BCUT2D eigenvalue weighted by Gasteiger charge is -2.13. The Bertz CT molecular complexity index is 2210. The predicted molar refractivity (Wildman–Crippen MR) is 215 cm³/mol. The number of hydrogen-bond donors (Lipinski definition) is 2. The number of nitrogens with zero attached hydrogens (tertiary/aromatic N) is 2. The molecule has 6 rings (SSSR count). The minimum Gasteiger partial charge on any atom is -0.481 e. The number of aromatic nitrogens is 2. The molecule has 0 unspecified atom stereocenters. The number of benzene rings is 4. The predicted octanol–water partition coefficient (Wildman–Crippen LogP) is 7.87. The van der Waals surface area contributed by atoms with E-state index in [0.29, 0.717) is 64.4 Å². The molecule has 0 amide bonds. The summed E-state index contributed by atoms with van der Waals surface area (Å²) in [6, 6.07) is 35.3. The van der Waals surface area contributed by atoms with Gasteiger partial charge in [0.1, 0.15) is 11.5 Å². The van der Waals surface area contributed by atoms with Gasteiger partial charge in [-0.25, -0.2) is 9.59 Å². The standard InChI is InChI=1S/C23H25NO5.C22H23NO5/c1-17-6-4-8-19(23(17)29-16-22(25)26)14-27-12-5-13-28-15-20-11-10-18-7-2-3-9-21(18)24-20;1-16-5-4-7-18(22(16)28-15-21(24)25)13-26-11-12-27-14-19-10-9-17-6-2-3-8-20(17)23-19/h2-4,6-11H,5,12-16H2,1H3,(H,25,26);2-10H,11-15H2,1H3,(H,24,25). The van der Waals surface area contributed by atoms with Crippen molar-refractivity contribution in [1.29, 1.82) is 0 Å². The van der Waals surface area contributed by atoms with E-state index >= 15 is 0 Å². The van der Waals surface area contributed by atoms with Crippen LogP contribution in [0.2, 0.25) is 0 Å². The highest BCUT2D eigenvalue weighted by Crippen LogP contribution is 2.25. The van der Waals surface area contributed by atoms with Crippen molar-refractivity contribution >= 4 is 33.7 Å². The second kappa shape index (κ2) is 22.6. The number of aryl methyl sites for hydroxylation is 2. The van der Waals surface area contributed by atoms with Gasteiger partial charge in [0.25, 0.3) is 0 Å². The van der Waals surface area contributed by atoms with Gasteiger partial charge < -0.3 is 38.6 Å². The van der Waals surface area contributed by atoms with Gasteiger partial charge in [-0.05, 0) is 55.7 Å². The molecule has 0 fully saturated rings. The molecule has 2 aromatic heterocycles. The molecule has 0 bridgehead atoms. The van der Waals surface area contributed by atoms with Gasteiger partial charge in [0, 0.05) is 35.1 Å². The molecule has 4 aromatic carbocycles. The molecule has 6 aromatic rings. The van der Waals surface area contributed by atoms with Crippen molar-refractivity contribution in [3.8, 4) is 11.5 Å². The van der Waals surface area contributed by atoms with Crippen LogP contribution in [0.4, 0.5) is 0 Å². The molecule has 0 aliphatic rings. The van der Waals surface area contributed by atoms with Crippen LogP contribution in [0.5, 0.6) is 11.5 Å². The summed E-state index contributed by atoms with van der Waals surface area (Å²) in [6.07, 6.45) is 0.755. The van der Waals surface area contributed by atoms with E-state index in [1.165, 1.54) is 0 Å². The second-order valence-corrected chi connectivity index (χ2v) is 13.0. The van der Waals surface area contributed by atoms with E-state index in [2.05, 4.69) is 16.0 Å². The highest BCUT2D eigenvalue weighted by atomic mass is 16.5. The van der Waals surface area contributed by atoms with Crippen LogP contribution in [0.15, 0.2) is 109 Å². The zero-order valence-corrected chi connectivity index (χ0v) is 32.2. The van der Waals surface area contributed by atoms with Crippen LogP contribution in [0.1, 0.15) is 40.1 Å². The zero-order chi connectivity index (χ0) is 40.2. The summed E-state index contributed by atoms with van der Waals surface area (Å²) in [5, 5.41) is 19.8. The molecular weight excluding hydrogens is 728 g/mol.